The second-order valence-electron chi connectivity index (χ2n) is 5.46. The van der Waals surface area contributed by atoms with Crippen molar-refractivity contribution in [2.24, 2.45) is 0 Å². The Morgan fingerprint density at radius 1 is 1.50 bits per heavy atom. The van der Waals surface area contributed by atoms with E-state index in [-0.39, 0.29) is 10.6 Å². The van der Waals surface area contributed by atoms with Crippen LogP contribution in [0.15, 0.2) is 24.3 Å². The molecular weight excluding hydrogens is 254 g/mol. The molecule has 1 aliphatic rings. The van der Waals surface area contributed by atoms with Crippen LogP contribution in [0.1, 0.15) is 31.7 Å². The average molecular weight is 277 g/mol. The minimum Gasteiger partial charge on any atom is -0.313 e. The zero-order chi connectivity index (χ0) is 14.4. The van der Waals surface area contributed by atoms with Gasteiger partial charge < -0.3 is 5.32 Å². The lowest BCUT2D eigenvalue weighted by atomic mass is 10.1. The number of benzene rings is 1. The van der Waals surface area contributed by atoms with Crippen molar-refractivity contribution in [2.75, 3.05) is 19.6 Å². The van der Waals surface area contributed by atoms with Crippen LogP contribution in [0.4, 0.5) is 5.69 Å². The molecule has 5 nitrogen and oxygen atoms in total. The fourth-order valence-corrected chi connectivity index (χ4v) is 2.80. The van der Waals surface area contributed by atoms with Crippen LogP contribution >= 0.6 is 0 Å². The molecule has 1 aliphatic heterocycles. The van der Waals surface area contributed by atoms with Crippen molar-refractivity contribution in [2.45, 2.75) is 38.8 Å². The van der Waals surface area contributed by atoms with E-state index >= 15 is 0 Å². The molecule has 5 heteroatoms. The summed E-state index contributed by atoms with van der Waals surface area (Å²) >= 11 is 0. The van der Waals surface area contributed by atoms with Gasteiger partial charge in [0.05, 0.1) is 4.92 Å². The summed E-state index contributed by atoms with van der Waals surface area (Å²) in [6.07, 6.45) is 3.58. The summed E-state index contributed by atoms with van der Waals surface area (Å²) in [5.74, 6) is 0. The van der Waals surface area contributed by atoms with Crippen LogP contribution in [-0.2, 0) is 6.54 Å². The van der Waals surface area contributed by atoms with Gasteiger partial charge in [-0.3, -0.25) is 15.0 Å². The smallest absolute Gasteiger partial charge is 0.269 e. The number of hydrogen-bond acceptors (Lipinski definition) is 4. The molecule has 0 bridgehead atoms. The van der Waals surface area contributed by atoms with Gasteiger partial charge in [0.25, 0.3) is 5.69 Å². The van der Waals surface area contributed by atoms with Crippen molar-refractivity contribution in [3.8, 4) is 0 Å². The maximum Gasteiger partial charge on any atom is 0.269 e. The molecule has 20 heavy (non-hydrogen) atoms. The Morgan fingerprint density at radius 3 is 3.00 bits per heavy atom. The van der Waals surface area contributed by atoms with E-state index in [1.54, 1.807) is 18.2 Å². The molecular formula is C15H23N3O2. The molecule has 1 N–H and O–H groups in total. The third kappa shape index (κ3) is 4.28. The fourth-order valence-electron chi connectivity index (χ4n) is 2.80. The van der Waals surface area contributed by atoms with Gasteiger partial charge >= 0.3 is 0 Å². The summed E-state index contributed by atoms with van der Waals surface area (Å²) < 4.78 is 0. The Balaban J connectivity index is 1.99. The Kier molecular flexibility index (Phi) is 5.49. The Labute approximate surface area is 120 Å². The van der Waals surface area contributed by atoms with Crippen molar-refractivity contribution in [3.63, 3.8) is 0 Å². The summed E-state index contributed by atoms with van der Waals surface area (Å²) in [7, 11) is 0. The standard InChI is InChI=1S/C15H23N3O2/c1-2-9-17(12-14-6-4-8-16-14)11-13-5-3-7-15(10-13)18(19)20/h3,5,7,10,14,16H,2,4,6,8-9,11-12H2,1H3. The van der Waals surface area contributed by atoms with Crippen LogP contribution in [-0.4, -0.2) is 35.5 Å². The Bertz CT molecular complexity index is 444. The number of nitrogens with one attached hydrogen (secondary N) is 1. The Morgan fingerprint density at radius 2 is 2.35 bits per heavy atom. The summed E-state index contributed by atoms with van der Waals surface area (Å²) in [4.78, 5) is 12.9. The molecule has 1 heterocycles. The van der Waals surface area contributed by atoms with Crippen molar-refractivity contribution >= 4 is 5.69 Å². The summed E-state index contributed by atoms with van der Waals surface area (Å²) in [6.45, 7) is 6.12. The molecule has 0 spiro atoms. The average Bonchev–Trinajstić information content (AvgIpc) is 2.92. The van der Waals surface area contributed by atoms with Gasteiger partial charge in [-0.1, -0.05) is 19.1 Å². The predicted octanol–water partition coefficient (Wildman–Crippen LogP) is 2.56. The van der Waals surface area contributed by atoms with E-state index < -0.39 is 0 Å². The van der Waals surface area contributed by atoms with Crippen LogP contribution in [0, 0.1) is 10.1 Å². The molecule has 0 aromatic heterocycles. The molecule has 1 saturated heterocycles. The maximum atomic E-state index is 10.8. The molecule has 0 saturated carbocycles. The van der Waals surface area contributed by atoms with Crippen molar-refractivity contribution in [3.05, 3.63) is 39.9 Å². The van der Waals surface area contributed by atoms with Crippen LogP contribution in [0.3, 0.4) is 0 Å². The molecule has 2 rings (SSSR count). The lowest BCUT2D eigenvalue weighted by Gasteiger charge is -2.25. The van der Waals surface area contributed by atoms with Crippen molar-refractivity contribution in [1.82, 2.24) is 10.2 Å². The molecule has 0 aliphatic carbocycles. The normalized spacial score (nSPS) is 18.6. The topological polar surface area (TPSA) is 58.4 Å². The van der Waals surface area contributed by atoms with Gasteiger partial charge in [0.15, 0.2) is 0 Å². The van der Waals surface area contributed by atoms with E-state index in [1.165, 1.54) is 12.8 Å². The zero-order valence-electron chi connectivity index (χ0n) is 12.0. The van der Waals surface area contributed by atoms with Gasteiger partial charge in [0.2, 0.25) is 0 Å². The molecule has 1 atom stereocenters. The molecule has 1 aromatic rings. The zero-order valence-corrected chi connectivity index (χ0v) is 12.0. The molecule has 1 fully saturated rings. The molecule has 110 valence electrons. The molecule has 0 radical (unpaired) electrons. The fraction of sp³-hybridized carbons (Fsp3) is 0.600. The number of rotatable bonds is 7. The van der Waals surface area contributed by atoms with Gasteiger partial charge in [-0.2, -0.15) is 0 Å². The number of nitrogens with zero attached hydrogens (tertiary/aromatic N) is 2. The minimum absolute atomic E-state index is 0.179. The van der Waals surface area contributed by atoms with Crippen LogP contribution < -0.4 is 5.32 Å². The predicted molar refractivity (Wildman–Crippen MR) is 79.7 cm³/mol. The van der Waals surface area contributed by atoms with Gasteiger partial charge in [0, 0.05) is 31.3 Å². The highest BCUT2D eigenvalue weighted by Crippen LogP contribution is 2.16. The van der Waals surface area contributed by atoms with E-state index in [4.69, 9.17) is 0 Å². The van der Waals surface area contributed by atoms with Gasteiger partial charge in [-0.25, -0.2) is 0 Å². The molecule has 1 aromatic carbocycles. The lowest BCUT2D eigenvalue weighted by molar-refractivity contribution is -0.384. The number of hydrogen-bond donors (Lipinski definition) is 1. The van der Waals surface area contributed by atoms with Crippen LogP contribution in [0.2, 0.25) is 0 Å². The van der Waals surface area contributed by atoms with Crippen molar-refractivity contribution in [1.29, 1.82) is 0 Å². The highest BCUT2D eigenvalue weighted by molar-refractivity contribution is 5.34. The van der Waals surface area contributed by atoms with E-state index in [1.807, 2.05) is 6.07 Å². The van der Waals surface area contributed by atoms with Crippen LogP contribution in [0.25, 0.3) is 0 Å². The molecule has 1 unspecified atom stereocenters. The number of nitro groups is 1. The first-order chi connectivity index (χ1) is 9.69. The first-order valence-electron chi connectivity index (χ1n) is 7.38. The quantitative estimate of drug-likeness (QED) is 0.614. The third-order valence-electron chi connectivity index (χ3n) is 3.71. The highest BCUT2D eigenvalue weighted by Gasteiger charge is 2.18. The van der Waals surface area contributed by atoms with Crippen LogP contribution in [0.5, 0.6) is 0 Å². The summed E-state index contributed by atoms with van der Waals surface area (Å²) in [5, 5.41) is 14.3. The highest BCUT2D eigenvalue weighted by atomic mass is 16.6. The van der Waals surface area contributed by atoms with Crippen molar-refractivity contribution < 1.29 is 4.92 Å². The second kappa shape index (κ2) is 7.36. The second-order valence-corrected chi connectivity index (χ2v) is 5.46. The summed E-state index contributed by atoms with van der Waals surface area (Å²) in [6, 6.07) is 7.54. The first kappa shape index (κ1) is 14.9. The van der Waals surface area contributed by atoms with Gasteiger partial charge in [-0.15, -0.1) is 0 Å². The maximum absolute atomic E-state index is 10.8. The molecule has 0 amide bonds. The summed E-state index contributed by atoms with van der Waals surface area (Å²) in [5.41, 5.74) is 1.20. The monoisotopic (exact) mass is 277 g/mol. The van der Waals surface area contributed by atoms with E-state index in [2.05, 4.69) is 17.1 Å². The lowest BCUT2D eigenvalue weighted by Crippen LogP contribution is -2.37. The number of non-ortho nitro benzene ring substituents is 1. The van der Waals surface area contributed by atoms with E-state index in [0.29, 0.717) is 6.04 Å². The minimum atomic E-state index is -0.327. The van der Waals surface area contributed by atoms with E-state index in [0.717, 1.165) is 38.2 Å². The third-order valence-corrected chi connectivity index (χ3v) is 3.71. The SMILES string of the molecule is CCCN(Cc1cccc([N+](=O)[O-])c1)CC1CCCN1. The first-order valence-corrected chi connectivity index (χ1v) is 7.38. The Hall–Kier alpha value is -1.46. The number of nitro benzene ring substituents is 1. The largest absolute Gasteiger partial charge is 0.313 e. The van der Waals surface area contributed by atoms with Gasteiger partial charge in [-0.05, 0) is 37.9 Å². The van der Waals surface area contributed by atoms with Gasteiger partial charge in [0.1, 0.15) is 0 Å². The van der Waals surface area contributed by atoms with E-state index in [9.17, 15) is 10.1 Å².